The molecule has 2 heteroatoms. The maximum Gasteiger partial charge on any atom is 0.0590 e. The van der Waals surface area contributed by atoms with Crippen LogP contribution in [0.3, 0.4) is 0 Å². The first kappa shape index (κ1) is 10.7. The summed E-state index contributed by atoms with van der Waals surface area (Å²) in [5, 5.41) is 3.93. The van der Waals surface area contributed by atoms with Gasteiger partial charge in [0.25, 0.3) is 0 Å². The van der Waals surface area contributed by atoms with Crippen molar-refractivity contribution in [3.63, 3.8) is 0 Å². The maximum absolute atomic E-state index is 3.93. The normalized spacial score (nSPS) is 9.50. The molecule has 2 nitrogen and oxygen atoms in total. The van der Waals surface area contributed by atoms with Crippen molar-refractivity contribution in [1.82, 2.24) is 0 Å². The van der Waals surface area contributed by atoms with Gasteiger partial charge in [-0.15, -0.1) is 0 Å². The summed E-state index contributed by atoms with van der Waals surface area (Å²) < 4.78 is 0. The zero-order valence-corrected chi connectivity index (χ0v) is 6.83. The van der Waals surface area contributed by atoms with E-state index in [4.69, 9.17) is 0 Å². The second kappa shape index (κ2) is 5.35. The third kappa shape index (κ3) is 2.74. The summed E-state index contributed by atoms with van der Waals surface area (Å²) in [5.74, 6) is 0. The molecule has 0 aliphatic carbocycles. The van der Waals surface area contributed by atoms with E-state index in [1.54, 1.807) is 6.21 Å². The number of hydrogen-bond acceptors (Lipinski definition) is 2. The van der Waals surface area contributed by atoms with Gasteiger partial charge in [0.1, 0.15) is 0 Å². The standard InChI is InChI=1S/C9H12N2.CH4.H2/c1-3-10-11-9-7-5-4-6-8(9)2;;/h3-7,11H,1-2H3;1H4;1H. The lowest BCUT2D eigenvalue weighted by molar-refractivity contribution is 1.31. The summed E-state index contributed by atoms with van der Waals surface area (Å²) in [4.78, 5) is 0. The molecule has 0 radical (unpaired) electrons. The Morgan fingerprint density at radius 3 is 2.67 bits per heavy atom. The van der Waals surface area contributed by atoms with Gasteiger partial charge in [-0.05, 0) is 25.5 Å². The SMILES string of the molecule is C.CC=NNc1ccccc1C.[HH]. The van der Waals surface area contributed by atoms with Gasteiger partial charge in [-0.25, -0.2) is 0 Å². The van der Waals surface area contributed by atoms with E-state index in [-0.39, 0.29) is 8.85 Å². The van der Waals surface area contributed by atoms with Crippen molar-refractivity contribution in [2.45, 2.75) is 21.3 Å². The molecule has 0 bridgehead atoms. The molecular formula is C10H18N2. The zero-order valence-electron chi connectivity index (χ0n) is 6.83. The van der Waals surface area contributed by atoms with Crippen molar-refractivity contribution in [2.75, 3.05) is 5.43 Å². The Bertz CT molecular complexity index is 259. The van der Waals surface area contributed by atoms with Crippen LogP contribution < -0.4 is 5.43 Å². The van der Waals surface area contributed by atoms with Crippen LogP contribution in [0.4, 0.5) is 5.69 Å². The lowest BCUT2D eigenvalue weighted by Gasteiger charge is -2.02. The van der Waals surface area contributed by atoms with Crippen LogP contribution in [0.2, 0.25) is 0 Å². The molecule has 1 aromatic carbocycles. The van der Waals surface area contributed by atoms with E-state index in [9.17, 15) is 0 Å². The first-order chi connectivity index (χ1) is 5.34. The van der Waals surface area contributed by atoms with E-state index in [1.165, 1.54) is 5.56 Å². The number of hydrogen-bond donors (Lipinski definition) is 1. The number of hydrazone groups is 1. The third-order valence-electron chi connectivity index (χ3n) is 1.46. The second-order valence-electron chi connectivity index (χ2n) is 2.31. The van der Waals surface area contributed by atoms with Gasteiger partial charge >= 0.3 is 0 Å². The lowest BCUT2D eigenvalue weighted by atomic mass is 10.2. The van der Waals surface area contributed by atoms with Gasteiger partial charge in [0, 0.05) is 7.64 Å². The van der Waals surface area contributed by atoms with Crippen molar-refractivity contribution >= 4 is 11.9 Å². The highest BCUT2D eigenvalue weighted by atomic mass is 15.3. The average Bonchev–Trinajstić information content (AvgIpc) is 2.03. The Morgan fingerprint density at radius 1 is 1.42 bits per heavy atom. The first-order valence-electron chi connectivity index (χ1n) is 3.64. The van der Waals surface area contributed by atoms with Gasteiger partial charge in [-0.3, -0.25) is 5.43 Å². The molecule has 12 heavy (non-hydrogen) atoms. The Labute approximate surface area is 75.8 Å². The predicted molar refractivity (Wildman–Crippen MR) is 57.8 cm³/mol. The van der Waals surface area contributed by atoms with Crippen molar-refractivity contribution in [3.8, 4) is 0 Å². The van der Waals surface area contributed by atoms with Crippen LogP contribution in [0.25, 0.3) is 0 Å². The topological polar surface area (TPSA) is 24.4 Å². The molecule has 1 rings (SSSR count). The van der Waals surface area contributed by atoms with E-state index in [1.807, 2.05) is 38.1 Å². The highest BCUT2D eigenvalue weighted by Crippen LogP contribution is 2.12. The average molecular weight is 166 g/mol. The molecule has 0 aliphatic heterocycles. The first-order valence-corrected chi connectivity index (χ1v) is 3.64. The van der Waals surface area contributed by atoms with Gasteiger partial charge in [0.05, 0.1) is 5.69 Å². The van der Waals surface area contributed by atoms with Crippen LogP contribution in [0.1, 0.15) is 21.3 Å². The molecule has 0 heterocycles. The third-order valence-corrected chi connectivity index (χ3v) is 1.46. The highest BCUT2D eigenvalue weighted by Gasteiger charge is 1.90. The second-order valence-corrected chi connectivity index (χ2v) is 2.31. The summed E-state index contributed by atoms with van der Waals surface area (Å²) >= 11 is 0. The van der Waals surface area contributed by atoms with Crippen molar-refractivity contribution in [3.05, 3.63) is 29.8 Å². The van der Waals surface area contributed by atoms with Crippen LogP contribution >= 0.6 is 0 Å². The molecule has 0 atom stereocenters. The van der Waals surface area contributed by atoms with Crippen LogP contribution in [0.5, 0.6) is 0 Å². The summed E-state index contributed by atoms with van der Waals surface area (Å²) in [7, 11) is 0. The summed E-state index contributed by atoms with van der Waals surface area (Å²) in [6, 6.07) is 8.05. The van der Waals surface area contributed by atoms with Gasteiger partial charge in [-0.2, -0.15) is 5.10 Å². The van der Waals surface area contributed by atoms with E-state index >= 15 is 0 Å². The largest absolute Gasteiger partial charge is 0.279 e. The predicted octanol–water partition coefficient (Wildman–Crippen LogP) is 3.29. The van der Waals surface area contributed by atoms with Crippen LogP contribution in [-0.4, -0.2) is 6.21 Å². The molecule has 0 aliphatic rings. The van der Waals surface area contributed by atoms with Crippen molar-refractivity contribution in [1.29, 1.82) is 0 Å². The van der Waals surface area contributed by atoms with E-state index < -0.39 is 0 Å². The minimum atomic E-state index is 0. The molecular weight excluding hydrogens is 148 g/mol. The molecule has 0 unspecified atom stereocenters. The number of aryl methyl sites for hydroxylation is 1. The van der Waals surface area contributed by atoms with E-state index in [0.717, 1.165) is 5.69 Å². The number of nitrogens with one attached hydrogen (secondary N) is 1. The number of anilines is 1. The maximum atomic E-state index is 3.93. The number of benzene rings is 1. The van der Waals surface area contributed by atoms with Gasteiger partial charge in [0.2, 0.25) is 0 Å². The van der Waals surface area contributed by atoms with Crippen LogP contribution in [0.15, 0.2) is 29.4 Å². The van der Waals surface area contributed by atoms with Crippen molar-refractivity contribution < 1.29 is 1.43 Å². The molecule has 0 spiro atoms. The van der Waals surface area contributed by atoms with Gasteiger partial charge in [0.15, 0.2) is 0 Å². The lowest BCUT2D eigenvalue weighted by Crippen LogP contribution is -1.89. The van der Waals surface area contributed by atoms with Crippen LogP contribution in [0, 0.1) is 6.92 Å². The van der Waals surface area contributed by atoms with Gasteiger partial charge < -0.3 is 0 Å². The molecule has 68 valence electrons. The zero-order chi connectivity index (χ0) is 8.10. The summed E-state index contributed by atoms with van der Waals surface area (Å²) in [6.45, 7) is 3.93. The Kier molecular flexibility index (Phi) is 4.77. The van der Waals surface area contributed by atoms with Crippen molar-refractivity contribution in [2.24, 2.45) is 5.10 Å². The minimum Gasteiger partial charge on any atom is -0.279 e. The fourth-order valence-corrected chi connectivity index (χ4v) is 0.832. The summed E-state index contributed by atoms with van der Waals surface area (Å²) in [5.41, 5.74) is 5.20. The van der Waals surface area contributed by atoms with Gasteiger partial charge in [-0.1, -0.05) is 25.6 Å². The fourth-order valence-electron chi connectivity index (χ4n) is 0.832. The molecule has 0 saturated heterocycles. The quantitative estimate of drug-likeness (QED) is 0.529. The highest BCUT2D eigenvalue weighted by molar-refractivity contribution is 5.57. The molecule has 1 N–H and O–H groups in total. The van der Waals surface area contributed by atoms with E-state index in [0.29, 0.717) is 0 Å². The minimum absolute atomic E-state index is 0. The summed E-state index contributed by atoms with van der Waals surface area (Å²) in [6.07, 6.45) is 1.73. The van der Waals surface area contributed by atoms with E-state index in [2.05, 4.69) is 10.5 Å². The smallest absolute Gasteiger partial charge is 0.0590 e. The number of rotatable bonds is 2. The molecule has 0 amide bonds. The Morgan fingerprint density at radius 2 is 2.08 bits per heavy atom. The number of para-hydroxylation sites is 1. The number of nitrogens with zero attached hydrogens (tertiary/aromatic N) is 1. The molecule has 0 saturated carbocycles. The molecule has 0 fully saturated rings. The Hall–Kier alpha value is -1.31. The Balaban J connectivity index is 0. The van der Waals surface area contributed by atoms with Crippen LogP contribution in [-0.2, 0) is 0 Å². The monoisotopic (exact) mass is 166 g/mol. The fraction of sp³-hybridized carbons (Fsp3) is 0.300. The molecule has 1 aromatic rings. The molecule has 0 aromatic heterocycles.